The van der Waals surface area contributed by atoms with Gasteiger partial charge in [-0.05, 0) is 50.6 Å². The number of aliphatic hydroxyl groups is 1. The molecule has 0 fully saturated rings. The molecule has 0 aromatic heterocycles. The number of benzene rings is 2. The number of amides is 2. The second-order valence-corrected chi connectivity index (χ2v) is 6.47. The van der Waals surface area contributed by atoms with Crippen molar-refractivity contribution in [1.82, 2.24) is 10.4 Å². The number of nitrogens with zero attached hydrogens (tertiary/aromatic N) is 1. The first-order chi connectivity index (χ1) is 11.3. The van der Waals surface area contributed by atoms with E-state index in [1.54, 1.807) is 48.5 Å². The van der Waals surface area contributed by atoms with E-state index < -0.39 is 5.54 Å². The number of aliphatic hydroxyl groups excluding tert-OH is 1. The average Bonchev–Trinajstić information content (AvgIpc) is 2.58. The number of hydrogen-bond donors (Lipinski definition) is 2. The Bertz CT molecular complexity index is 704. The fraction of sp³-hybridized carbons (Fsp3) is 0.263. The van der Waals surface area contributed by atoms with Gasteiger partial charge in [-0.2, -0.15) is 0 Å². The monoisotopic (exact) mass is 326 g/mol. The van der Waals surface area contributed by atoms with Gasteiger partial charge in [0, 0.05) is 11.1 Å². The largest absolute Gasteiger partial charge is 0.392 e. The number of carbonyl (C=O) groups is 2. The summed E-state index contributed by atoms with van der Waals surface area (Å²) in [6.07, 6.45) is 0. The summed E-state index contributed by atoms with van der Waals surface area (Å²) < 4.78 is 0. The maximum absolute atomic E-state index is 12.7. The van der Waals surface area contributed by atoms with Crippen molar-refractivity contribution in [3.05, 3.63) is 71.3 Å². The van der Waals surface area contributed by atoms with Crippen LogP contribution in [0.15, 0.2) is 54.6 Å². The summed E-state index contributed by atoms with van der Waals surface area (Å²) in [4.78, 5) is 25.2. The smallest absolute Gasteiger partial charge is 0.272 e. The highest BCUT2D eigenvalue weighted by Crippen LogP contribution is 2.16. The quantitative estimate of drug-likeness (QED) is 0.852. The molecular weight excluding hydrogens is 304 g/mol. The predicted octanol–water partition coefficient (Wildman–Crippen LogP) is 2.76. The number of carbonyl (C=O) groups excluding carboxylic acids is 2. The molecule has 0 aliphatic rings. The highest BCUT2D eigenvalue weighted by Gasteiger charge is 2.29. The van der Waals surface area contributed by atoms with Gasteiger partial charge >= 0.3 is 0 Å². The highest BCUT2D eigenvalue weighted by molar-refractivity contribution is 5.99. The Morgan fingerprint density at radius 3 is 2.04 bits per heavy atom. The summed E-state index contributed by atoms with van der Waals surface area (Å²) in [5.74, 6) is -0.651. The summed E-state index contributed by atoms with van der Waals surface area (Å²) in [6, 6.07) is 15.4. The van der Waals surface area contributed by atoms with E-state index in [1.807, 2.05) is 26.8 Å². The van der Waals surface area contributed by atoms with Gasteiger partial charge in [0.15, 0.2) is 0 Å². The Hall–Kier alpha value is -2.66. The number of hydrogen-bond acceptors (Lipinski definition) is 3. The lowest BCUT2D eigenvalue weighted by atomic mass is 10.1. The molecule has 0 aliphatic heterocycles. The Labute approximate surface area is 141 Å². The Balaban J connectivity index is 2.22. The molecule has 2 N–H and O–H groups in total. The number of hydrazine groups is 1. The van der Waals surface area contributed by atoms with Gasteiger partial charge in [-0.1, -0.05) is 30.3 Å². The van der Waals surface area contributed by atoms with Crippen molar-refractivity contribution in [3.63, 3.8) is 0 Å². The first-order valence-corrected chi connectivity index (χ1v) is 7.73. The summed E-state index contributed by atoms with van der Waals surface area (Å²) in [7, 11) is 0. The first kappa shape index (κ1) is 17.7. The van der Waals surface area contributed by atoms with Gasteiger partial charge in [0.1, 0.15) is 0 Å². The number of nitrogens with one attached hydrogen (secondary N) is 1. The van der Waals surface area contributed by atoms with Crippen molar-refractivity contribution in [2.45, 2.75) is 32.9 Å². The summed E-state index contributed by atoms with van der Waals surface area (Å²) in [5, 5.41) is 10.4. The van der Waals surface area contributed by atoms with Crippen LogP contribution in [0.25, 0.3) is 0 Å². The van der Waals surface area contributed by atoms with E-state index in [-0.39, 0.29) is 18.4 Å². The molecule has 2 rings (SSSR count). The average molecular weight is 326 g/mol. The van der Waals surface area contributed by atoms with Crippen molar-refractivity contribution in [1.29, 1.82) is 0 Å². The fourth-order valence-corrected chi connectivity index (χ4v) is 2.16. The van der Waals surface area contributed by atoms with E-state index in [9.17, 15) is 9.59 Å². The van der Waals surface area contributed by atoms with Crippen molar-refractivity contribution >= 4 is 11.8 Å². The van der Waals surface area contributed by atoms with Crippen LogP contribution in [0, 0.1) is 0 Å². The molecule has 0 saturated heterocycles. The van der Waals surface area contributed by atoms with E-state index in [1.165, 1.54) is 5.01 Å². The molecule has 0 saturated carbocycles. The lowest BCUT2D eigenvalue weighted by Crippen LogP contribution is -2.55. The van der Waals surface area contributed by atoms with Crippen LogP contribution in [-0.4, -0.2) is 27.5 Å². The van der Waals surface area contributed by atoms with Crippen LogP contribution in [0.4, 0.5) is 0 Å². The molecular formula is C19H22N2O3. The van der Waals surface area contributed by atoms with Gasteiger partial charge in [-0.3, -0.25) is 15.0 Å². The third kappa shape index (κ3) is 4.20. The standard InChI is InChI=1S/C19H22N2O3/c1-19(2,3)21(18(24)16-7-5-4-6-8-16)20-17(23)15-11-9-14(13-22)10-12-15/h4-12,22H,13H2,1-3H3,(H,20,23). The van der Waals surface area contributed by atoms with Crippen LogP contribution in [-0.2, 0) is 6.61 Å². The minimum atomic E-state index is -0.590. The fourth-order valence-electron chi connectivity index (χ4n) is 2.16. The summed E-state index contributed by atoms with van der Waals surface area (Å²) in [6.45, 7) is 5.47. The van der Waals surface area contributed by atoms with Gasteiger partial charge in [0.05, 0.1) is 12.1 Å². The second-order valence-electron chi connectivity index (χ2n) is 6.47. The molecule has 5 heteroatoms. The minimum absolute atomic E-state index is 0.0808. The molecule has 2 amide bonds. The van der Waals surface area contributed by atoms with Crippen molar-refractivity contribution in [2.75, 3.05) is 0 Å². The molecule has 0 aliphatic carbocycles. The van der Waals surface area contributed by atoms with Gasteiger partial charge in [-0.15, -0.1) is 0 Å². The van der Waals surface area contributed by atoms with E-state index in [0.717, 1.165) is 5.56 Å². The molecule has 0 heterocycles. The van der Waals surface area contributed by atoms with Crippen LogP contribution in [0.3, 0.4) is 0 Å². The molecule has 2 aromatic carbocycles. The van der Waals surface area contributed by atoms with Crippen LogP contribution in [0.5, 0.6) is 0 Å². The van der Waals surface area contributed by atoms with Gasteiger partial charge in [0.25, 0.3) is 11.8 Å². The Morgan fingerprint density at radius 2 is 1.54 bits per heavy atom. The zero-order valence-corrected chi connectivity index (χ0v) is 14.1. The normalized spacial score (nSPS) is 11.0. The maximum atomic E-state index is 12.7. The molecule has 0 spiro atoms. The lowest BCUT2D eigenvalue weighted by Gasteiger charge is -2.35. The molecule has 0 radical (unpaired) electrons. The third-order valence-electron chi connectivity index (χ3n) is 3.51. The zero-order valence-electron chi connectivity index (χ0n) is 14.1. The van der Waals surface area contributed by atoms with Crippen LogP contribution in [0.2, 0.25) is 0 Å². The SMILES string of the molecule is CC(C)(C)N(NC(=O)c1ccc(CO)cc1)C(=O)c1ccccc1. The highest BCUT2D eigenvalue weighted by atomic mass is 16.3. The van der Waals surface area contributed by atoms with Gasteiger partial charge < -0.3 is 5.11 Å². The first-order valence-electron chi connectivity index (χ1n) is 7.73. The Kier molecular flexibility index (Phi) is 5.36. The van der Waals surface area contributed by atoms with Gasteiger partial charge in [-0.25, -0.2) is 5.01 Å². The molecule has 24 heavy (non-hydrogen) atoms. The van der Waals surface area contributed by atoms with Crippen LogP contribution in [0.1, 0.15) is 47.1 Å². The van der Waals surface area contributed by atoms with Gasteiger partial charge in [0.2, 0.25) is 0 Å². The zero-order chi connectivity index (χ0) is 17.7. The van der Waals surface area contributed by atoms with Crippen molar-refractivity contribution < 1.29 is 14.7 Å². The van der Waals surface area contributed by atoms with E-state index >= 15 is 0 Å². The van der Waals surface area contributed by atoms with Crippen molar-refractivity contribution in [2.24, 2.45) is 0 Å². The van der Waals surface area contributed by atoms with E-state index in [4.69, 9.17) is 5.11 Å². The molecule has 0 unspecified atom stereocenters. The van der Waals surface area contributed by atoms with Crippen molar-refractivity contribution in [3.8, 4) is 0 Å². The molecule has 5 nitrogen and oxygen atoms in total. The lowest BCUT2D eigenvalue weighted by molar-refractivity contribution is 0.0358. The molecule has 0 atom stereocenters. The topological polar surface area (TPSA) is 69.6 Å². The molecule has 126 valence electrons. The van der Waals surface area contributed by atoms with Crippen LogP contribution >= 0.6 is 0 Å². The summed E-state index contributed by atoms with van der Waals surface area (Å²) >= 11 is 0. The summed E-state index contributed by atoms with van der Waals surface area (Å²) in [5.41, 5.74) is 3.75. The maximum Gasteiger partial charge on any atom is 0.272 e. The third-order valence-corrected chi connectivity index (χ3v) is 3.51. The second kappa shape index (κ2) is 7.27. The molecule has 2 aromatic rings. The minimum Gasteiger partial charge on any atom is -0.392 e. The van der Waals surface area contributed by atoms with E-state index in [0.29, 0.717) is 11.1 Å². The van der Waals surface area contributed by atoms with Crippen LogP contribution < -0.4 is 5.43 Å². The molecule has 0 bridgehead atoms. The Morgan fingerprint density at radius 1 is 0.958 bits per heavy atom. The predicted molar refractivity (Wildman–Crippen MR) is 92.2 cm³/mol. The number of rotatable bonds is 3. The van der Waals surface area contributed by atoms with E-state index in [2.05, 4.69) is 5.43 Å².